The summed E-state index contributed by atoms with van der Waals surface area (Å²) in [7, 11) is 1.56. The molecule has 4 nitrogen and oxygen atoms in total. The number of fused-ring (bicyclic) bond motifs is 1. The van der Waals surface area contributed by atoms with Gasteiger partial charge in [0.05, 0.1) is 23.9 Å². The minimum Gasteiger partial charge on any atom is -0.493 e. The van der Waals surface area contributed by atoms with Gasteiger partial charge in [0.1, 0.15) is 0 Å². The molecule has 3 aromatic carbocycles. The van der Waals surface area contributed by atoms with E-state index in [1.807, 2.05) is 69.3 Å². The first-order valence-corrected chi connectivity index (χ1v) is 9.81. The number of nitrogens with zero attached hydrogens (tertiary/aromatic N) is 1. The zero-order valence-corrected chi connectivity index (χ0v) is 17.5. The Bertz CT molecular complexity index is 1250. The lowest BCUT2D eigenvalue weighted by atomic mass is 9.95. The highest BCUT2D eigenvalue weighted by molar-refractivity contribution is 6.08. The largest absolute Gasteiger partial charge is 0.493 e. The lowest BCUT2D eigenvalue weighted by molar-refractivity contribution is 0.0731. The van der Waals surface area contributed by atoms with Crippen LogP contribution in [-0.4, -0.2) is 18.1 Å². The number of pyridine rings is 1. The fraction of sp³-hybridized carbons (Fsp3) is 0.154. The zero-order chi connectivity index (χ0) is 21.3. The van der Waals surface area contributed by atoms with Crippen molar-refractivity contribution < 1.29 is 14.3 Å². The molecule has 0 radical (unpaired) electrons. The Labute approximate surface area is 176 Å². The molecule has 0 fully saturated rings. The average molecular weight is 397 g/mol. The summed E-state index contributed by atoms with van der Waals surface area (Å²) in [5.74, 6) is 0.476. The van der Waals surface area contributed by atoms with Crippen LogP contribution in [-0.2, 0) is 0 Å². The van der Waals surface area contributed by atoms with Gasteiger partial charge in [0.2, 0.25) is 0 Å². The van der Waals surface area contributed by atoms with E-state index in [1.165, 1.54) is 0 Å². The number of hydrogen-bond acceptors (Lipinski definition) is 4. The Morgan fingerprint density at radius 1 is 0.867 bits per heavy atom. The maximum atomic E-state index is 13.4. The van der Waals surface area contributed by atoms with E-state index >= 15 is 0 Å². The molecule has 0 spiro atoms. The molecule has 4 rings (SSSR count). The number of carbonyl (C=O) groups is 1. The van der Waals surface area contributed by atoms with Gasteiger partial charge in [-0.25, -0.2) is 9.78 Å². The minimum atomic E-state index is -0.424. The molecule has 0 unspecified atom stereocenters. The van der Waals surface area contributed by atoms with Crippen molar-refractivity contribution in [1.82, 2.24) is 4.98 Å². The van der Waals surface area contributed by atoms with Crippen molar-refractivity contribution in [1.29, 1.82) is 0 Å². The molecule has 1 aromatic heterocycles. The Morgan fingerprint density at radius 2 is 1.53 bits per heavy atom. The van der Waals surface area contributed by atoms with Gasteiger partial charge in [-0.1, -0.05) is 54.1 Å². The molecule has 0 aliphatic heterocycles. The number of carbonyl (C=O) groups excluding carboxylic acids is 1. The smallest absolute Gasteiger partial charge is 0.344 e. The summed E-state index contributed by atoms with van der Waals surface area (Å²) in [6.45, 7) is 5.95. The first kappa shape index (κ1) is 19.6. The Balaban J connectivity index is 1.95. The van der Waals surface area contributed by atoms with Crippen molar-refractivity contribution in [3.8, 4) is 22.8 Å². The number of ether oxygens (including phenoxy) is 2. The molecule has 0 aliphatic carbocycles. The van der Waals surface area contributed by atoms with Crippen LogP contribution >= 0.6 is 0 Å². The normalized spacial score (nSPS) is 10.8. The van der Waals surface area contributed by atoms with E-state index in [2.05, 4.69) is 6.07 Å². The number of aryl methyl sites for hydroxylation is 2. The summed E-state index contributed by atoms with van der Waals surface area (Å²) in [5, 5.41) is 0.796. The highest BCUT2D eigenvalue weighted by Gasteiger charge is 2.22. The predicted molar refractivity (Wildman–Crippen MR) is 119 cm³/mol. The third kappa shape index (κ3) is 3.52. The molecule has 30 heavy (non-hydrogen) atoms. The first-order valence-electron chi connectivity index (χ1n) is 9.81. The van der Waals surface area contributed by atoms with E-state index in [9.17, 15) is 4.79 Å². The van der Waals surface area contributed by atoms with Gasteiger partial charge < -0.3 is 9.47 Å². The molecule has 4 aromatic rings. The number of methoxy groups -OCH3 is 1. The third-order valence-electron chi connectivity index (χ3n) is 5.19. The van der Waals surface area contributed by atoms with Gasteiger partial charge in [-0.15, -0.1) is 0 Å². The van der Waals surface area contributed by atoms with Gasteiger partial charge >= 0.3 is 5.97 Å². The van der Waals surface area contributed by atoms with E-state index < -0.39 is 5.97 Å². The third-order valence-corrected chi connectivity index (χ3v) is 5.19. The maximum absolute atomic E-state index is 13.4. The SMILES string of the molecule is COc1ccccc1OC(=O)c1c(C)c(-c2ccccc2)nc2c(C)cc(C)cc12. The van der Waals surface area contributed by atoms with Crippen molar-refractivity contribution in [2.75, 3.05) is 7.11 Å². The topological polar surface area (TPSA) is 48.4 Å². The number of benzene rings is 3. The summed E-state index contributed by atoms with van der Waals surface area (Å²) in [6.07, 6.45) is 0. The Morgan fingerprint density at radius 3 is 2.23 bits per heavy atom. The molecular weight excluding hydrogens is 374 g/mol. The second-order valence-corrected chi connectivity index (χ2v) is 7.34. The minimum absolute atomic E-state index is 0.389. The summed E-state index contributed by atoms with van der Waals surface area (Å²) < 4.78 is 11.1. The molecule has 0 N–H and O–H groups in total. The molecule has 0 saturated carbocycles. The summed E-state index contributed by atoms with van der Waals surface area (Å²) in [4.78, 5) is 18.4. The van der Waals surface area contributed by atoms with Crippen LogP contribution in [0.4, 0.5) is 0 Å². The average Bonchev–Trinajstić information content (AvgIpc) is 2.74. The van der Waals surface area contributed by atoms with Crippen molar-refractivity contribution in [2.45, 2.75) is 20.8 Å². The Kier molecular flexibility index (Phi) is 5.23. The van der Waals surface area contributed by atoms with E-state index in [1.54, 1.807) is 19.2 Å². The molecule has 150 valence electrons. The number of esters is 1. The van der Waals surface area contributed by atoms with E-state index in [0.717, 1.165) is 38.9 Å². The molecule has 4 heteroatoms. The molecule has 0 atom stereocenters. The van der Waals surface area contributed by atoms with Crippen LogP contribution < -0.4 is 9.47 Å². The van der Waals surface area contributed by atoms with Crippen LogP contribution in [0.1, 0.15) is 27.0 Å². The molecule has 0 saturated heterocycles. The molecule has 1 heterocycles. The van der Waals surface area contributed by atoms with Gasteiger partial charge in [0.15, 0.2) is 11.5 Å². The van der Waals surface area contributed by atoms with Crippen LogP contribution in [0.25, 0.3) is 22.2 Å². The second kappa shape index (κ2) is 7.99. The van der Waals surface area contributed by atoms with Crippen molar-refractivity contribution in [2.24, 2.45) is 0 Å². The lowest BCUT2D eigenvalue weighted by Gasteiger charge is -2.16. The molecular formula is C26H23NO3. The second-order valence-electron chi connectivity index (χ2n) is 7.34. The number of para-hydroxylation sites is 2. The fourth-order valence-electron chi connectivity index (χ4n) is 3.81. The van der Waals surface area contributed by atoms with Crippen molar-refractivity contribution in [3.63, 3.8) is 0 Å². The van der Waals surface area contributed by atoms with Crippen molar-refractivity contribution in [3.05, 3.63) is 89.0 Å². The van der Waals surface area contributed by atoms with Gasteiger partial charge in [0, 0.05) is 10.9 Å². The van der Waals surface area contributed by atoms with E-state index in [-0.39, 0.29) is 0 Å². The quantitative estimate of drug-likeness (QED) is 0.310. The van der Waals surface area contributed by atoms with Crippen LogP contribution in [0.3, 0.4) is 0 Å². The van der Waals surface area contributed by atoms with Gasteiger partial charge in [-0.2, -0.15) is 0 Å². The predicted octanol–water partition coefficient (Wildman–Crippen LogP) is 6.05. The monoisotopic (exact) mass is 397 g/mol. The number of aromatic nitrogens is 1. The van der Waals surface area contributed by atoms with Crippen LogP contribution in [0.5, 0.6) is 11.5 Å². The fourth-order valence-corrected chi connectivity index (χ4v) is 3.81. The van der Waals surface area contributed by atoms with Crippen molar-refractivity contribution >= 4 is 16.9 Å². The summed E-state index contributed by atoms with van der Waals surface area (Å²) in [6, 6.07) is 21.1. The van der Waals surface area contributed by atoms with Crippen LogP contribution in [0.15, 0.2) is 66.7 Å². The van der Waals surface area contributed by atoms with E-state index in [4.69, 9.17) is 14.5 Å². The van der Waals surface area contributed by atoms with Crippen LogP contribution in [0, 0.1) is 20.8 Å². The first-order chi connectivity index (χ1) is 14.5. The highest BCUT2D eigenvalue weighted by atomic mass is 16.6. The number of hydrogen-bond donors (Lipinski definition) is 0. The van der Waals surface area contributed by atoms with Gasteiger partial charge in [0.25, 0.3) is 0 Å². The molecule has 0 amide bonds. The highest BCUT2D eigenvalue weighted by Crippen LogP contribution is 2.34. The summed E-state index contributed by atoms with van der Waals surface area (Å²) >= 11 is 0. The van der Waals surface area contributed by atoms with Crippen LogP contribution in [0.2, 0.25) is 0 Å². The molecule has 0 bridgehead atoms. The lowest BCUT2D eigenvalue weighted by Crippen LogP contribution is -2.13. The standard InChI is InChI=1S/C26H23NO3/c1-16-14-17(2)24-20(15-16)23(18(3)25(27-24)19-10-6-5-7-11-19)26(28)30-22-13-9-8-12-21(22)29-4/h5-15H,1-4H3. The maximum Gasteiger partial charge on any atom is 0.344 e. The van der Waals surface area contributed by atoms with Gasteiger partial charge in [-0.05, 0) is 50.1 Å². The Hall–Kier alpha value is -3.66. The number of rotatable bonds is 4. The van der Waals surface area contributed by atoms with Gasteiger partial charge in [-0.3, -0.25) is 0 Å². The summed E-state index contributed by atoms with van der Waals surface area (Å²) in [5.41, 5.74) is 5.95. The van der Waals surface area contributed by atoms with E-state index in [0.29, 0.717) is 17.1 Å². The zero-order valence-electron chi connectivity index (χ0n) is 17.5. The molecule has 0 aliphatic rings.